The Bertz CT molecular complexity index is 1020. The SMILES string of the molecule is CCOC(=O)c1cc(CC)n2nc(-c3ccc([N+](=O)[O-])cc3F)cc2n1. The van der Waals surface area contributed by atoms with Crippen LogP contribution in [0, 0.1) is 15.9 Å². The second kappa shape index (κ2) is 6.87. The Labute approximate surface area is 147 Å². The summed E-state index contributed by atoms with van der Waals surface area (Å²) in [7, 11) is 0. The molecular weight excluding hydrogens is 343 g/mol. The van der Waals surface area contributed by atoms with Gasteiger partial charge in [-0.05, 0) is 25.5 Å². The summed E-state index contributed by atoms with van der Waals surface area (Å²) in [6, 6.07) is 6.45. The van der Waals surface area contributed by atoms with Crippen LogP contribution >= 0.6 is 0 Å². The fourth-order valence-corrected chi connectivity index (χ4v) is 2.56. The number of rotatable bonds is 5. The highest BCUT2D eigenvalue weighted by atomic mass is 19.1. The van der Waals surface area contributed by atoms with Crippen molar-refractivity contribution in [2.24, 2.45) is 0 Å². The van der Waals surface area contributed by atoms with E-state index in [0.29, 0.717) is 17.8 Å². The van der Waals surface area contributed by atoms with E-state index in [1.54, 1.807) is 13.0 Å². The number of carbonyl (C=O) groups is 1. The molecule has 3 rings (SSSR count). The van der Waals surface area contributed by atoms with E-state index in [1.165, 1.54) is 22.7 Å². The third kappa shape index (κ3) is 3.10. The van der Waals surface area contributed by atoms with E-state index in [-0.39, 0.29) is 29.2 Å². The summed E-state index contributed by atoms with van der Waals surface area (Å²) in [5.41, 5.74) is 1.24. The van der Waals surface area contributed by atoms with Gasteiger partial charge in [-0.1, -0.05) is 6.92 Å². The first kappa shape index (κ1) is 17.5. The number of non-ortho nitro benzene ring substituents is 1. The number of nitro benzene ring substituents is 1. The van der Waals surface area contributed by atoms with E-state index < -0.39 is 16.7 Å². The summed E-state index contributed by atoms with van der Waals surface area (Å²) in [6.45, 7) is 3.81. The zero-order valence-corrected chi connectivity index (χ0v) is 14.1. The Morgan fingerprint density at radius 1 is 1.31 bits per heavy atom. The molecule has 2 aromatic heterocycles. The number of nitro groups is 1. The van der Waals surface area contributed by atoms with Crippen LogP contribution in [0.1, 0.15) is 30.0 Å². The van der Waals surface area contributed by atoms with Crippen LogP contribution in [-0.2, 0) is 11.2 Å². The lowest BCUT2D eigenvalue weighted by Gasteiger charge is -2.05. The highest BCUT2D eigenvalue weighted by Crippen LogP contribution is 2.26. The van der Waals surface area contributed by atoms with Gasteiger partial charge in [0.15, 0.2) is 11.3 Å². The van der Waals surface area contributed by atoms with Crippen LogP contribution < -0.4 is 0 Å². The molecule has 2 heterocycles. The Kier molecular flexibility index (Phi) is 4.61. The average Bonchev–Trinajstić information content (AvgIpc) is 3.04. The molecule has 0 aliphatic heterocycles. The van der Waals surface area contributed by atoms with Crippen molar-refractivity contribution in [1.29, 1.82) is 0 Å². The van der Waals surface area contributed by atoms with Gasteiger partial charge in [0, 0.05) is 23.4 Å². The van der Waals surface area contributed by atoms with Gasteiger partial charge < -0.3 is 4.74 Å². The van der Waals surface area contributed by atoms with Crippen LogP contribution in [-0.4, -0.2) is 32.1 Å². The van der Waals surface area contributed by atoms with Crippen molar-refractivity contribution in [2.75, 3.05) is 6.61 Å². The molecule has 3 aromatic rings. The predicted octanol–water partition coefficient (Wildman–Crippen LogP) is 3.18. The molecule has 9 heteroatoms. The first-order chi connectivity index (χ1) is 12.4. The quantitative estimate of drug-likeness (QED) is 0.394. The molecule has 8 nitrogen and oxygen atoms in total. The number of fused-ring (bicyclic) bond motifs is 1. The van der Waals surface area contributed by atoms with Gasteiger partial charge in [-0.15, -0.1) is 0 Å². The van der Waals surface area contributed by atoms with Gasteiger partial charge in [-0.25, -0.2) is 18.7 Å². The minimum Gasteiger partial charge on any atom is -0.461 e. The summed E-state index contributed by atoms with van der Waals surface area (Å²) >= 11 is 0. The summed E-state index contributed by atoms with van der Waals surface area (Å²) in [6.07, 6.45) is 0.565. The van der Waals surface area contributed by atoms with Crippen molar-refractivity contribution in [3.8, 4) is 11.3 Å². The largest absolute Gasteiger partial charge is 0.461 e. The molecule has 0 atom stereocenters. The summed E-state index contributed by atoms with van der Waals surface area (Å²) in [5.74, 6) is -1.31. The van der Waals surface area contributed by atoms with Crippen LogP contribution in [0.3, 0.4) is 0 Å². The Balaban J connectivity index is 2.12. The molecule has 0 saturated carbocycles. The van der Waals surface area contributed by atoms with Gasteiger partial charge in [0.25, 0.3) is 5.69 Å². The number of ether oxygens (including phenoxy) is 1. The van der Waals surface area contributed by atoms with Crippen molar-refractivity contribution in [3.63, 3.8) is 0 Å². The highest BCUT2D eigenvalue weighted by molar-refractivity contribution is 5.88. The second-order valence-electron chi connectivity index (χ2n) is 5.43. The van der Waals surface area contributed by atoms with E-state index in [0.717, 1.165) is 6.07 Å². The lowest BCUT2D eigenvalue weighted by Crippen LogP contribution is -2.10. The summed E-state index contributed by atoms with van der Waals surface area (Å²) < 4.78 is 20.7. The van der Waals surface area contributed by atoms with Crippen molar-refractivity contribution >= 4 is 17.3 Å². The number of aryl methyl sites for hydroxylation is 1. The van der Waals surface area contributed by atoms with Crippen molar-refractivity contribution < 1.29 is 18.8 Å². The van der Waals surface area contributed by atoms with Gasteiger partial charge in [0.05, 0.1) is 23.3 Å². The van der Waals surface area contributed by atoms with Crippen LogP contribution in [0.5, 0.6) is 0 Å². The van der Waals surface area contributed by atoms with Crippen LogP contribution in [0.15, 0.2) is 30.3 Å². The number of halogens is 1. The number of hydrogen-bond acceptors (Lipinski definition) is 6. The molecule has 1 aromatic carbocycles. The maximum atomic E-state index is 14.3. The second-order valence-corrected chi connectivity index (χ2v) is 5.43. The first-order valence-electron chi connectivity index (χ1n) is 7.95. The van der Waals surface area contributed by atoms with Gasteiger partial charge >= 0.3 is 5.97 Å². The number of nitrogens with zero attached hydrogens (tertiary/aromatic N) is 4. The molecule has 0 aliphatic carbocycles. The van der Waals surface area contributed by atoms with E-state index in [1.807, 2.05) is 6.92 Å². The highest BCUT2D eigenvalue weighted by Gasteiger charge is 2.18. The molecule has 0 amide bonds. The fraction of sp³-hybridized carbons (Fsp3) is 0.235. The lowest BCUT2D eigenvalue weighted by atomic mass is 10.1. The van der Waals surface area contributed by atoms with E-state index in [4.69, 9.17) is 4.74 Å². The molecule has 134 valence electrons. The molecular formula is C17H15FN4O4. The van der Waals surface area contributed by atoms with Crippen LogP contribution in [0.2, 0.25) is 0 Å². The number of aromatic nitrogens is 3. The van der Waals surface area contributed by atoms with E-state index in [2.05, 4.69) is 10.1 Å². The van der Waals surface area contributed by atoms with Gasteiger partial charge in [-0.2, -0.15) is 5.10 Å². The van der Waals surface area contributed by atoms with Crippen molar-refractivity contribution in [1.82, 2.24) is 14.6 Å². The van der Waals surface area contributed by atoms with Gasteiger partial charge in [0.1, 0.15) is 5.82 Å². The van der Waals surface area contributed by atoms with Crippen molar-refractivity contribution in [2.45, 2.75) is 20.3 Å². The summed E-state index contributed by atoms with van der Waals surface area (Å²) in [4.78, 5) is 26.2. The van der Waals surface area contributed by atoms with Crippen LogP contribution in [0.4, 0.5) is 10.1 Å². The number of hydrogen-bond donors (Lipinski definition) is 0. The summed E-state index contributed by atoms with van der Waals surface area (Å²) in [5, 5.41) is 15.1. The molecule has 0 N–H and O–H groups in total. The molecule has 0 aliphatic rings. The third-order valence-corrected chi connectivity index (χ3v) is 3.79. The zero-order chi connectivity index (χ0) is 18.8. The molecule has 0 radical (unpaired) electrons. The molecule has 0 bridgehead atoms. The first-order valence-corrected chi connectivity index (χ1v) is 7.95. The van der Waals surface area contributed by atoms with E-state index >= 15 is 0 Å². The zero-order valence-electron chi connectivity index (χ0n) is 14.1. The van der Waals surface area contributed by atoms with Gasteiger partial charge in [0.2, 0.25) is 0 Å². The van der Waals surface area contributed by atoms with Crippen molar-refractivity contribution in [3.05, 3.63) is 57.7 Å². The molecule has 0 spiro atoms. The Morgan fingerprint density at radius 3 is 2.69 bits per heavy atom. The minimum atomic E-state index is -0.758. The number of esters is 1. The molecule has 0 unspecified atom stereocenters. The fourth-order valence-electron chi connectivity index (χ4n) is 2.56. The molecule has 0 fully saturated rings. The minimum absolute atomic E-state index is 0.112. The standard InChI is InChI=1S/C17H15FN4O4/c1-3-10-8-15(17(23)26-4-2)19-16-9-14(20-21(10)16)12-6-5-11(22(24)25)7-13(12)18/h5-9H,3-4H2,1-2H3. The number of benzene rings is 1. The monoisotopic (exact) mass is 358 g/mol. The maximum absolute atomic E-state index is 14.3. The molecule has 0 saturated heterocycles. The lowest BCUT2D eigenvalue weighted by molar-refractivity contribution is -0.385. The smallest absolute Gasteiger partial charge is 0.357 e. The maximum Gasteiger partial charge on any atom is 0.357 e. The average molecular weight is 358 g/mol. The third-order valence-electron chi connectivity index (χ3n) is 3.79. The normalized spacial score (nSPS) is 10.9. The van der Waals surface area contributed by atoms with Gasteiger partial charge in [-0.3, -0.25) is 10.1 Å². The Morgan fingerprint density at radius 2 is 2.08 bits per heavy atom. The molecule has 26 heavy (non-hydrogen) atoms. The van der Waals surface area contributed by atoms with Crippen LogP contribution in [0.25, 0.3) is 16.9 Å². The topological polar surface area (TPSA) is 99.6 Å². The predicted molar refractivity (Wildman–Crippen MR) is 90.4 cm³/mol. The Hall–Kier alpha value is -3.36. The number of carbonyl (C=O) groups excluding carboxylic acids is 1. The van der Waals surface area contributed by atoms with E-state index in [9.17, 15) is 19.3 Å².